The highest BCUT2D eigenvalue weighted by atomic mass is 32.1. The summed E-state index contributed by atoms with van der Waals surface area (Å²) in [5.74, 6) is 0.950. The van der Waals surface area contributed by atoms with E-state index in [0.717, 1.165) is 12.3 Å². The van der Waals surface area contributed by atoms with Crippen LogP contribution in [0.15, 0.2) is 24.3 Å². The smallest absolute Gasteiger partial charge is 0.121 e. The van der Waals surface area contributed by atoms with E-state index in [1.54, 1.807) is 7.11 Å². The van der Waals surface area contributed by atoms with E-state index in [2.05, 4.69) is 51.2 Å². The van der Waals surface area contributed by atoms with E-state index in [-0.39, 0.29) is 0 Å². The molecule has 1 aromatic heterocycles. The maximum absolute atomic E-state index is 5.29. The van der Waals surface area contributed by atoms with Crippen LogP contribution in [0.2, 0.25) is 0 Å². The fourth-order valence-corrected chi connectivity index (χ4v) is 3.53. The van der Waals surface area contributed by atoms with Crippen molar-refractivity contribution in [3.8, 4) is 5.75 Å². The van der Waals surface area contributed by atoms with Crippen molar-refractivity contribution in [1.82, 2.24) is 5.32 Å². The number of hydrogen-bond acceptors (Lipinski definition) is 3. The molecule has 0 fully saturated rings. The Hall–Kier alpha value is -1.32. The molecule has 0 aliphatic carbocycles. The lowest BCUT2D eigenvalue weighted by atomic mass is 10.1. The molecule has 20 heavy (non-hydrogen) atoms. The number of hydrogen-bond donors (Lipinski definition) is 1. The number of rotatable bonds is 5. The van der Waals surface area contributed by atoms with Gasteiger partial charge < -0.3 is 10.1 Å². The van der Waals surface area contributed by atoms with Gasteiger partial charge >= 0.3 is 0 Å². The van der Waals surface area contributed by atoms with E-state index in [1.165, 1.54) is 26.4 Å². The third-order valence-electron chi connectivity index (χ3n) is 3.62. The third-order valence-corrected chi connectivity index (χ3v) is 4.60. The van der Waals surface area contributed by atoms with Crippen LogP contribution in [0.4, 0.5) is 0 Å². The van der Waals surface area contributed by atoms with Gasteiger partial charge in [0.25, 0.3) is 0 Å². The van der Waals surface area contributed by atoms with E-state index in [4.69, 9.17) is 4.74 Å². The lowest BCUT2D eigenvalue weighted by Crippen LogP contribution is -2.18. The van der Waals surface area contributed by atoms with Crippen molar-refractivity contribution in [2.24, 2.45) is 0 Å². The first-order valence-corrected chi connectivity index (χ1v) is 7.76. The number of benzene rings is 1. The fourth-order valence-electron chi connectivity index (χ4n) is 2.51. The van der Waals surface area contributed by atoms with E-state index in [9.17, 15) is 0 Å². The van der Waals surface area contributed by atoms with Crippen molar-refractivity contribution in [3.05, 3.63) is 50.7 Å². The van der Waals surface area contributed by atoms with Crippen LogP contribution in [0.5, 0.6) is 5.75 Å². The summed E-state index contributed by atoms with van der Waals surface area (Å²) in [6.45, 7) is 9.55. The average molecular weight is 289 g/mol. The molecule has 3 heteroatoms. The normalized spacial score (nSPS) is 12.4. The van der Waals surface area contributed by atoms with Crippen molar-refractivity contribution < 1.29 is 4.74 Å². The summed E-state index contributed by atoms with van der Waals surface area (Å²) >= 11 is 1.87. The largest absolute Gasteiger partial charge is 0.496 e. The van der Waals surface area contributed by atoms with Gasteiger partial charge in [-0.2, -0.15) is 0 Å². The van der Waals surface area contributed by atoms with Gasteiger partial charge in [-0.05, 0) is 56.5 Å². The average Bonchev–Trinajstić information content (AvgIpc) is 2.75. The lowest BCUT2D eigenvalue weighted by molar-refractivity contribution is 0.411. The Balaban J connectivity index is 2.01. The monoisotopic (exact) mass is 289 g/mol. The van der Waals surface area contributed by atoms with Gasteiger partial charge in [-0.25, -0.2) is 0 Å². The summed E-state index contributed by atoms with van der Waals surface area (Å²) < 4.78 is 5.29. The molecule has 1 heterocycles. The Morgan fingerprint density at radius 3 is 2.50 bits per heavy atom. The minimum absolute atomic E-state index is 0.377. The summed E-state index contributed by atoms with van der Waals surface area (Å²) in [6.07, 6.45) is 0. The van der Waals surface area contributed by atoms with Crippen LogP contribution in [0.25, 0.3) is 0 Å². The first kappa shape index (κ1) is 15.1. The predicted molar refractivity (Wildman–Crippen MR) is 86.8 cm³/mol. The van der Waals surface area contributed by atoms with Crippen LogP contribution >= 0.6 is 11.3 Å². The number of methoxy groups -OCH3 is 1. The second-order valence-corrected chi connectivity index (χ2v) is 6.74. The Labute approximate surface area is 125 Å². The van der Waals surface area contributed by atoms with Crippen molar-refractivity contribution in [2.45, 2.75) is 40.3 Å². The molecular formula is C17H23NOS. The van der Waals surface area contributed by atoms with Crippen molar-refractivity contribution in [2.75, 3.05) is 7.11 Å². The molecule has 0 saturated carbocycles. The molecule has 1 unspecified atom stereocenters. The van der Waals surface area contributed by atoms with Crippen molar-refractivity contribution in [3.63, 3.8) is 0 Å². The standard InChI is InChI=1S/C17H23NOS/c1-11-8-15(6-7-17(11)19-5)10-18-13(3)16-9-12(2)20-14(16)4/h6-9,13,18H,10H2,1-5H3. The van der Waals surface area contributed by atoms with E-state index >= 15 is 0 Å². The van der Waals surface area contributed by atoms with Gasteiger partial charge in [-0.1, -0.05) is 12.1 Å². The summed E-state index contributed by atoms with van der Waals surface area (Å²) in [5, 5.41) is 3.60. The molecule has 2 aromatic rings. The summed E-state index contributed by atoms with van der Waals surface area (Å²) in [7, 11) is 1.71. The summed E-state index contributed by atoms with van der Waals surface area (Å²) in [4.78, 5) is 2.79. The molecule has 0 radical (unpaired) electrons. The molecule has 108 valence electrons. The topological polar surface area (TPSA) is 21.3 Å². The molecule has 0 spiro atoms. The summed E-state index contributed by atoms with van der Waals surface area (Å²) in [6, 6.07) is 9.01. The Morgan fingerprint density at radius 1 is 1.20 bits per heavy atom. The van der Waals surface area contributed by atoms with Crippen LogP contribution in [0.1, 0.15) is 39.4 Å². The van der Waals surface area contributed by atoms with Crippen molar-refractivity contribution >= 4 is 11.3 Å². The zero-order chi connectivity index (χ0) is 14.7. The predicted octanol–water partition coefficient (Wildman–Crippen LogP) is 4.53. The minimum Gasteiger partial charge on any atom is -0.496 e. The molecule has 0 amide bonds. The van der Waals surface area contributed by atoms with Gasteiger partial charge in [0, 0.05) is 22.3 Å². The van der Waals surface area contributed by atoms with Crippen molar-refractivity contribution in [1.29, 1.82) is 0 Å². The number of aryl methyl sites for hydroxylation is 3. The molecule has 2 rings (SSSR count). The second kappa shape index (κ2) is 6.42. The molecule has 0 saturated heterocycles. The highest BCUT2D eigenvalue weighted by Crippen LogP contribution is 2.26. The molecule has 1 atom stereocenters. The van der Waals surface area contributed by atoms with Gasteiger partial charge in [0.2, 0.25) is 0 Å². The highest BCUT2D eigenvalue weighted by Gasteiger charge is 2.10. The first-order valence-electron chi connectivity index (χ1n) is 6.95. The van der Waals surface area contributed by atoms with Gasteiger partial charge in [0.05, 0.1) is 7.11 Å². The molecule has 2 nitrogen and oxygen atoms in total. The third kappa shape index (κ3) is 3.41. The van der Waals surface area contributed by atoms with E-state index in [0.29, 0.717) is 6.04 Å². The molecule has 0 bridgehead atoms. The lowest BCUT2D eigenvalue weighted by Gasteiger charge is -2.15. The van der Waals surface area contributed by atoms with Gasteiger partial charge in [0.1, 0.15) is 5.75 Å². The number of ether oxygens (including phenoxy) is 1. The Morgan fingerprint density at radius 2 is 1.95 bits per heavy atom. The molecular weight excluding hydrogens is 266 g/mol. The van der Waals surface area contributed by atoms with Crippen LogP contribution in [0.3, 0.4) is 0 Å². The molecule has 0 aliphatic heterocycles. The summed E-state index contributed by atoms with van der Waals surface area (Å²) in [5.41, 5.74) is 3.89. The fraction of sp³-hybridized carbons (Fsp3) is 0.412. The van der Waals surface area contributed by atoms with Crippen LogP contribution < -0.4 is 10.1 Å². The van der Waals surface area contributed by atoms with Crippen LogP contribution in [0, 0.1) is 20.8 Å². The molecule has 1 aromatic carbocycles. The Kier molecular flexibility index (Phi) is 4.84. The SMILES string of the molecule is COc1ccc(CNC(C)c2cc(C)sc2C)cc1C. The van der Waals surface area contributed by atoms with Gasteiger partial charge in [-0.15, -0.1) is 11.3 Å². The van der Waals surface area contributed by atoms with E-state index < -0.39 is 0 Å². The maximum atomic E-state index is 5.29. The minimum atomic E-state index is 0.377. The Bertz CT molecular complexity index is 589. The number of nitrogens with one attached hydrogen (secondary N) is 1. The first-order chi connectivity index (χ1) is 9.51. The van der Waals surface area contributed by atoms with Crippen LogP contribution in [-0.4, -0.2) is 7.11 Å². The maximum Gasteiger partial charge on any atom is 0.121 e. The van der Waals surface area contributed by atoms with Gasteiger partial charge in [-0.3, -0.25) is 0 Å². The molecule has 1 N–H and O–H groups in total. The number of thiophene rings is 1. The zero-order valence-electron chi connectivity index (χ0n) is 12.9. The van der Waals surface area contributed by atoms with E-state index in [1.807, 2.05) is 17.4 Å². The highest BCUT2D eigenvalue weighted by molar-refractivity contribution is 7.12. The van der Waals surface area contributed by atoms with Gasteiger partial charge in [0.15, 0.2) is 0 Å². The second-order valence-electron chi connectivity index (χ2n) is 5.28. The quantitative estimate of drug-likeness (QED) is 0.873. The van der Waals surface area contributed by atoms with Crippen LogP contribution in [-0.2, 0) is 6.54 Å². The molecule has 0 aliphatic rings. The zero-order valence-corrected chi connectivity index (χ0v) is 13.7.